The Morgan fingerprint density at radius 3 is 2.87 bits per heavy atom. The molecule has 1 aromatic heterocycles. The van der Waals surface area contributed by atoms with Gasteiger partial charge in [-0.1, -0.05) is 0 Å². The highest BCUT2D eigenvalue weighted by Crippen LogP contribution is 2.45. The monoisotopic (exact) mass is 646 g/mol. The van der Waals surface area contributed by atoms with Gasteiger partial charge in [-0.2, -0.15) is 0 Å². The van der Waals surface area contributed by atoms with E-state index in [0.717, 1.165) is 41.9 Å². The maximum Gasteiger partial charge on any atom is 0.209 e. The first-order valence-electron chi connectivity index (χ1n) is 9.42. The predicted octanol–water partition coefficient (Wildman–Crippen LogP) is 6.59. The predicted molar refractivity (Wildman–Crippen MR) is 138 cm³/mol. The zero-order valence-electron chi connectivity index (χ0n) is 16.7. The Morgan fingerprint density at radius 1 is 1.30 bits per heavy atom. The molecule has 1 N–H and O–H groups in total. The van der Waals surface area contributed by atoms with E-state index < -0.39 is 0 Å². The van der Waals surface area contributed by atoms with Crippen LogP contribution in [-0.2, 0) is 6.42 Å². The van der Waals surface area contributed by atoms with E-state index in [4.69, 9.17) is 9.47 Å². The normalized spacial score (nSPS) is 14.7. The molecule has 0 spiro atoms. The van der Waals surface area contributed by atoms with Gasteiger partial charge in [0.05, 0.1) is 15.9 Å². The van der Waals surface area contributed by atoms with Crippen LogP contribution in [0.15, 0.2) is 34.6 Å². The van der Waals surface area contributed by atoms with Gasteiger partial charge in [0.2, 0.25) is 5.13 Å². The standard InChI is InChI=1S/C22H20I2N2O3S/c1-4-28-18-7-12(5-13-9-22(2,3)29-20(13)18)17-11-30-21(26-17)25-10-14-6-15(23)8-16(24)19(14)27/h5-8,10-11,27H,4,9H2,1-3H3. The first-order valence-corrected chi connectivity index (χ1v) is 12.5. The molecule has 30 heavy (non-hydrogen) atoms. The number of benzene rings is 2. The summed E-state index contributed by atoms with van der Waals surface area (Å²) < 4.78 is 13.8. The quantitative estimate of drug-likeness (QED) is 0.251. The molecule has 2 heterocycles. The van der Waals surface area contributed by atoms with Crippen LogP contribution in [0.4, 0.5) is 5.13 Å². The summed E-state index contributed by atoms with van der Waals surface area (Å²) in [6.45, 7) is 6.71. The molecular formula is C22H20I2N2O3S. The molecule has 4 rings (SSSR count). The van der Waals surface area contributed by atoms with Gasteiger partial charge in [-0.05, 0) is 90.2 Å². The second-order valence-corrected chi connectivity index (χ2v) is 10.8. The van der Waals surface area contributed by atoms with Crippen molar-refractivity contribution in [1.82, 2.24) is 4.98 Å². The summed E-state index contributed by atoms with van der Waals surface area (Å²) in [5.74, 6) is 1.83. The highest BCUT2D eigenvalue weighted by atomic mass is 127. The Labute approximate surface area is 206 Å². The summed E-state index contributed by atoms with van der Waals surface area (Å²) in [5, 5.41) is 12.9. The van der Waals surface area contributed by atoms with Crippen LogP contribution in [0, 0.1) is 7.14 Å². The first-order chi connectivity index (χ1) is 14.3. The largest absolute Gasteiger partial charge is 0.506 e. The summed E-state index contributed by atoms with van der Waals surface area (Å²) in [5.41, 5.74) is 3.41. The van der Waals surface area contributed by atoms with E-state index in [-0.39, 0.29) is 11.4 Å². The number of hydrogen-bond acceptors (Lipinski definition) is 6. The summed E-state index contributed by atoms with van der Waals surface area (Å²) in [7, 11) is 0. The van der Waals surface area contributed by atoms with E-state index >= 15 is 0 Å². The third-order valence-corrected chi connectivity index (χ3v) is 6.78. The fourth-order valence-corrected chi connectivity index (χ4v) is 5.91. The van der Waals surface area contributed by atoms with Gasteiger partial charge in [-0.25, -0.2) is 9.98 Å². The van der Waals surface area contributed by atoms with Gasteiger partial charge in [-0.15, -0.1) is 11.3 Å². The molecule has 0 bridgehead atoms. The molecule has 8 heteroatoms. The number of nitrogens with zero attached hydrogens (tertiary/aromatic N) is 2. The van der Waals surface area contributed by atoms with Crippen LogP contribution in [0.3, 0.4) is 0 Å². The van der Waals surface area contributed by atoms with Crippen molar-refractivity contribution in [3.05, 3.63) is 47.9 Å². The maximum atomic E-state index is 10.3. The van der Waals surface area contributed by atoms with Crippen LogP contribution in [0.2, 0.25) is 0 Å². The number of halogens is 2. The molecule has 2 aromatic carbocycles. The molecule has 0 unspecified atom stereocenters. The lowest BCUT2D eigenvalue weighted by atomic mass is 9.99. The van der Waals surface area contributed by atoms with E-state index in [1.165, 1.54) is 11.3 Å². The lowest BCUT2D eigenvalue weighted by Crippen LogP contribution is -2.24. The number of ether oxygens (including phenoxy) is 2. The molecule has 1 aliphatic heterocycles. The molecular weight excluding hydrogens is 626 g/mol. The molecule has 0 saturated carbocycles. The molecule has 0 fully saturated rings. The number of aromatic hydroxyl groups is 1. The molecule has 0 atom stereocenters. The first kappa shape index (κ1) is 21.8. The van der Waals surface area contributed by atoms with Gasteiger partial charge >= 0.3 is 0 Å². The third-order valence-electron chi connectivity index (χ3n) is 4.59. The van der Waals surface area contributed by atoms with Gasteiger partial charge in [0.25, 0.3) is 0 Å². The molecule has 5 nitrogen and oxygen atoms in total. The Hall–Kier alpha value is -1.40. The SMILES string of the molecule is CCOc1cc(-c2csc(N=Cc3cc(I)cc(I)c3O)n2)cc2c1OC(C)(C)C2. The second kappa shape index (κ2) is 8.62. The number of hydrogen-bond donors (Lipinski definition) is 1. The molecule has 1 aliphatic rings. The number of aliphatic imine (C=N–C) groups is 1. The smallest absolute Gasteiger partial charge is 0.209 e. The van der Waals surface area contributed by atoms with E-state index in [1.54, 1.807) is 6.21 Å². The van der Waals surface area contributed by atoms with Crippen molar-refractivity contribution in [3.63, 3.8) is 0 Å². The van der Waals surface area contributed by atoms with E-state index in [0.29, 0.717) is 17.3 Å². The minimum atomic E-state index is -0.239. The Bertz CT molecular complexity index is 1140. The van der Waals surface area contributed by atoms with Crippen LogP contribution in [0.1, 0.15) is 31.9 Å². The molecule has 3 aromatic rings. The molecule has 0 radical (unpaired) electrons. The average Bonchev–Trinajstić information content (AvgIpc) is 3.26. The van der Waals surface area contributed by atoms with Gasteiger partial charge in [0.1, 0.15) is 11.4 Å². The highest BCUT2D eigenvalue weighted by molar-refractivity contribution is 14.1. The van der Waals surface area contributed by atoms with Crippen LogP contribution in [0.25, 0.3) is 11.3 Å². The van der Waals surface area contributed by atoms with Crippen LogP contribution >= 0.6 is 56.5 Å². The van der Waals surface area contributed by atoms with Crippen molar-refractivity contribution >= 4 is 67.9 Å². The van der Waals surface area contributed by atoms with Crippen molar-refractivity contribution < 1.29 is 14.6 Å². The summed E-state index contributed by atoms with van der Waals surface area (Å²) in [6, 6.07) is 7.93. The van der Waals surface area contributed by atoms with Crippen molar-refractivity contribution in [1.29, 1.82) is 0 Å². The maximum absolute atomic E-state index is 10.3. The minimum Gasteiger partial charge on any atom is -0.506 e. The summed E-state index contributed by atoms with van der Waals surface area (Å²) >= 11 is 5.81. The van der Waals surface area contributed by atoms with Gasteiger partial charge < -0.3 is 14.6 Å². The number of thiazole rings is 1. The third kappa shape index (κ3) is 4.59. The summed E-state index contributed by atoms with van der Waals surface area (Å²) in [6.07, 6.45) is 2.49. The average molecular weight is 646 g/mol. The summed E-state index contributed by atoms with van der Waals surface area (Å²) in [4.78, 5) is 9.15. The van der Waals surface area contributed by atoms with E-state index in [1.807, 2.05) is 30.5 Å². The van der Waals surface area contributed by atoms with Crippen LogP contribution < -0.4 is 9.47 Å². The highest BCUT2D eigenvalue weighted by Gasteiger charge is 2.33. The topological polar surface area (TPSA) is 63.9 Å². The second-order valence-electron chi connectivity index (χ2n) is 7.53. The van der Waals surface area contributed by atoms with Crippen molar-refractivity contribution in [3.8, 4) is 28.5 Å². The van der Waals surface area contributed by atoms with Crippen molar-refractivity contribution in [2.45, 2.75) is 32.8 Å². The number of fused-ring (bicyclic) bond motifs is 1. The Morgan fingerprint density at radius 2 is 2.10 bits per heavy atom. The number of rotatable bonds is 5. The van der Waals surface area contributed by atoms with Gasteiger partial charge in [0.15, 0.2) is 11.5 Å². The van der Waals surface area contributed by atoms with E-state index in [2.05, 4.69) is 75.1 Å². The van der Waals surface area contributed by atoms with Crippen LogP contribution in [-0.4, -0.2) is 28.5 Å². The lowest BCUT2D eigenvalue weighted by Gasteiger charge is -2.18. The van der Waals surface area contributed by atoms with Crippen molar-refractivity contribution in [2.24, 2.45) is 4.99 Å². The molecule has 0 aliphatic carbocycles. The molecule has 0 saturated heterocycles. The number of phenolic OH excluding ortho intramolecular Hbond substituents is 1. The Kier molecular flexibility index (Phi) is 6.27. The minimum absolute atomic E-state index is 0.235. The zero-order valence-corrected chi connectivity index (χ0v) is 21.8. The van der Waals surface area contributed by atoms with Crippen molar-refractivity contribution in [2.75, 3.05) is 6.61 Å². The number of aromatic nitrogens is 1. The fraction of sp³-hybridized carbons (Fsp3) is 0.273. The fourth-order valence-electron chi connectivity index (χ4n) is 3.35. The van der Waals surface area contributed by atoms with Gasteiger partial charge in [0, 0.05) is 38.3 Å². The molecule has 156 valence electrons. The van der Waals surface area contributed by atoms with E-state index in [9.17, 15) is 5.11 Å². The molecule has 0 amide bonds. The van der Waals surface area contributed by atoms with Crippen LogP contribution in [0.5, 0.6) is 17.2 Å². The lowest BCUT2D eigenvalue weighted by molar-refractivity contribution is 0.132. The van der Waals surface area contributed by atoms with Gasteiger partial charge in [-0.3, -0.25) is 0 Å². The Balaban J connectivity index is 1.64. The zero-order chi connectivity index (χ0) is 21.5. The number of phenols is 1.